The molecule has 1 aliphatic heterocycles. The fraction of sp³-hybridized carbons (Fsp3) is 0.417. The largest absolute Gasteiger partial charge is 0.399 e. The summed E-state index contributed by atoms with van der Waals surface area (Å²) in [7, 11) is 0. The van der Waals surface area contributed by atoms with Crippen LogP contribution in [0.3, 0.4) is 0 Å². The second-order valence-electron chi connectivity index (χ2n) is 4.04. The molecule has 4 heteroatoms. The highest BCUT2D eigenvalue weighted by molar-refractivity contribution is 5.95. The molecule has 0 aliphatic carbocycles. The van der Waals surface area contributed by atoms with E-state index in [1.807, 2.05) is 19.1 Å². The Balaban J connectivity index is 2.19. The first-order valence-corrected chi connectivity index (χ1v) is 5.41. The van der Waals surface area contributed by atoms with Gasteiger partial charge in [0.1, 0.15) is 0 Å². The minimum Gasteiger partial charge on any atom is -0.399 e. The fourth-order valence-electron chi connectivity index (χ4n) is 1.89. The Kier molecular flexibility index (Phi) is 3.10. The molecule has 0 unspecified atom stereocenters. The minimum atomic E-state index is 0.0405. The van der Waals surface area contributed by atoms with Gasteiger partial charge in [-0.2, -0.15) is 0 Å². The van der Waals surface area contributed by atoms with Crippen LogP contribution < -0.4 is 5.73 Å². The number of anilines is 1. The van der Waals surface area contributed by atoms with E-state index in [1.165, 1.54) is 0 Å². The summed E-state index contributed by atoms with van der Waals surface area (Å²) in [5.74, 6) is 0.0405. The molecule has 0 spiro atoms. The number of nitrogens with two attached hydrogens (primary N) is 1. The van der Waals surface area contributed by atoms with E-state index in [9.17, 15) is 4.79 Å². The Hall–Kier alpha value is -1.55. The second-order valence-corrected chi connectivity index (χ2v) is 4.04. The lowest BCUT2D eigenvalue weighted by molar-refractivity contribution is 0.0303. The van der Waals surface area contributed by atoms with E-state index < -0.39 is 0 Å². The Labute approximate surface area is 95.0 Å². The molecule has 1 amide bonds. The Morgan fingerprint density at radius 2 is 2.00 bits per heavy atom. The maximum Gasteiger partial charge on any atom is 0.254 e. The topological polar surface area (TPSA) is 55.6 Å². The monoisotopic (exact) mass is 220 g/mol. The van der Waals surface area contributed by atoms with E-state index in [0.29, 0.717) is 37.6 Å². The molecule has 0 saturated carbocycles. The van der Waals surface area contributed by atoms with Crippen molar-refractivity contribution in [2.24, 2.45) is 0 Å². The van der Waals surface area contributed by atoms with Crippen molar-refractivity contribution in [2.75, 3.05) is 32.0 Å². The SMILES string of the molecule is Cc1cc(N)cc(C(=O)N2CCOCC2)c1. The number of nitrogen functional groups attached to an aromatic ring is 1. The fourth-order valence-corrected chi connectivity index (χ4v) is 1.89. The molecule has 4 nitrogen and oxygen atoms in total. The number of aryl methyl sites for hydroxylation is 1. The van der Waals surface area contributed by atoms with Crippen molar-refractivity contribution in [1.82, 2.24) is 4.90 Å². The molecule has 1 heterocycles. The van der Waals surface area contributed by atoms with Crippen LogP contribution in [0.5, 0.6) is 0 Å². The predicted molar refractivity (Wildman–Crippen MR) is 62.3 cm³/mol. The van der Waals surface area contributed by atoms with Crippen molar-refractivity contribution >= 4 is 11.6 Å². The zero-order chi connectivity index (χ0) is 11.5. The van der Waals surface area contributed by atoms with E-state index in [0.717, 1.165) is 5.56 Å². The standard InChI is InChI=1S/C12H16N2O2/c1-9-6-10(8-11(13)7-9)12(15)14-2-4-16-5-3-14/h6-8H,2-5,13H2,1H3. The molecule has 1 fully saturated rings. The Morgan fingerprint density at radius 3 is 2.62 bits per heavy atom. The lowest BCUT2D eigenvalue weighted by atomic mass is 10.1. The highest BCUT2D eigenvalue weighted by atomic mass is 16.5. The van der Waals surface area contributed by atoms with Gasteiger partial charge in [0, 0.05) is 24.3 Å². The van der Waals surface area contributed by atoms with Crippen molar-refractivity contribution in [3.05, 3.63) is 29.3 Å². The van der Waals surface area contributed by atoms with Crippen molar-refractivity contribution in [1.29, 1.82) is 0 Å². The molecule has 1 aromatic carbocycles. The molecule has 1 aromatic rings. The van der Waals surface area contributed by atoms with Gasteiger partial charge in [-0.15, -0.1) is 0 Å². The summed E-state index contributed by atoms with van der Waals surface area (Å²) in [6.07, 6.45) is 0. The van der Waals surface area contributed by atoms with Gasteiger partial charge in [-0.25, -0.2) is 0 Å². The predicted octanol–water partition coefficient (Wildman–Crippen LogP) is 1.05. The molecule has 2 rings (SSSR count). The lowest BCUT2D eigenvalue weighted by Gasteiger charge is -2.27. The zero-order valence-corrected chi connectivity index (χ0v) is 9.40. The summed E-state index contributed by atoms with van der Waals surface area (Å²) in [4.78, 5) is 13.9. The molecule has 0 aromatic heterocycles. The number of hydrogen-bond acceptors (Lipinski definition) is 3. The summed E-state index contributed by atoms with van der Waals surface area (Å²) in [6.45, 7) is 4.49. The molecule has 86 valence electrons. The van der Waals surface area contributed by atoms with Crippen LogP contribution >= 0.6 is 0 Å². The van der Waals surface area contributed by atoms with E-state index >= 15 is 0 Å². The van der Waals surface area contributed by atoms with Gasteiger partial charge in [0.05, 0.1) is 13.2 Å². The zero-order valence-electron chi connectivity index (χ0n) is 9.40. The number of carbonyl (C=O) groups excluding carboxylic acids is 1. The third-order valence-electron chi connectivity index (χ3n) is 2.64. The number of ether oxygens (including phenoxy) is 1. The number of hydrogen-bond donors (Lipinski definition) is 1. The lowest BCUT2D eigenvalue weighted by Crippen LogP contribution is -2.40. The van der Waals surface area contributed by atoms with Crippen molar-refractivity contribution in [3.8, 4) is 0 Å². The number of rotatable bonds is 1. The number of benzene rings is 1. The molecular weight excluding hydrogens is 204 g/mol. The van der Waals surface area contributed by atoms with Gasteiger partial charge >= 0.3 is 0 Å². The average Bonchev–Trinajstić information content (AvgIpc) is 2.28. The van der Waals surface area contributed by atoms with Gasteiger partial charge in [-0.3, -0.25) is 4.79 Å². The first-order chi connectivity index (χ1) is 7.66. The van der Waals surface area contributed by atoms with Gasteiger partial charge in [0.2, 0.25) is 0 Å². The molecule has 16 heavy (non-hydrogen) atoms. The maximum atomic E-state index is 12.1. The highest BCUT2D eigenvalue weighted by Crippen LogP contribution is 2.14. The Morgan fingerprint density at radius 1 is 1.31 bits per heavy atom. The Bertz CT molecular complexity index is 378. The van der Waals surface area contributed by atoms with Crippen LogP contribution in [0.1, 0.15) is 15.9 Å². The first-order valence-electron chi connectivity index (χ1n) is 5.41. The van der Waals surface area contributed by atoms with Crippen LogP contribution in [0.15, 0.2) is 18.2 Å². The van der Waals surface area contributed by atoms with E-state index in [1.54, 1.807) is 11.0 Å². The number of morpholine rings is 1. The van der Waals surface area contributed by atoms with E-state index in [2.05, 4.69) is 0 Å². The molecule has 1 aliphatic rings. The molecule has 2 N–H and O–H groups in total. The summed E-state index contributed by atoms with van der Waals surface area (Å²) < 4.78 is 5.21. The van der Waals surface area contributed by atoms with Crippen molar-refractivity contribution in [2.45, 2.75) is 6.92 Å². The normalized spacial score (nSPS) is 16.2. The third-order valence-corrected chi connectivity index (χ3v) is 2.64. The number of nitrogens with zero attached hydrogens (tertiary/aromatic N) is 1. The van der Waals surface area contributed by atoms with Gasteiger partial charge in [0.25, 0.3) is 5.91 Å². The van der Waals surface area contributed by atoms with Crippen LogP contribution in [0, 0.1) is 6.92 Å². The summed E-state index contributed by atoms with van der Waals surface area (Å²) in [5.41, 5.74) is 8.04. The summed E-state index contributed by atoms with van der Waals surface area (Å²) in [6, 6.07) is 5.45. The number of carbonyl (C=O) groups is 1. The van der Waals surface area contributed by atoms with Gasteiger partial charge in [-0.1, -0.05) is 0 Å². The van der Waals surface area contributed by atoms with Crippen molar-refractivity contribution < 1.29 is 9.53 Å². The number of amides is 1. The van der Waals surface area contributed by atoms with Gasteiger partial charge in [0.15, 0.2) is 0 Å². The summed E-state index contributed by atoms with van der Waals surface area (Å²) in [5, 5.41) is 0. The van der Waals surface area contributed by atoms with E-state index in [-0.39, 0.29) is 5.91 Å². The minimum absolute atomic E-state index is 0.0405. The van der Waals surface area contributed by atoms with Crippen molar-refractivity contribution in [3.63, 3.8) is 0 Å². The van der Waals surface area contributed by atoms with Crippen LogP contribution in [0.25, 0.3) is 0 Å². The first kappa shape index (κ1) is 11.0. The molecular formula is C12H16N2O2. The van der Waals surface area contributed by atoms with E-state index in [4.69, 9.17) is 10.5 Å². The van der Waals surface area contributed by atoms with Crippen LogP contribution in [0.2, 0.25) is 0 Å². The molecule has 0 atom stereocenters. The molecule has 0 bridgehead atoms. The quantitative estimate of drug-likeness (QED) is 0.720. The average molecular weight is 220 g/mol. The molecule has 0 radical (unpaired) electrons. The molecule has 1 saturated heterocycles. The highest BCUT2D eigenvalue weighted by Gasteiger charge is 2.18. The van der Waals surface area contributed by atoms with Crippen LogP contribution in [-0.4, -0.2) is 37.1 Å². The van der Waals surface area contributed by atoms with Crippen LogP contribution in [0.4, 0.5) is 5.69 Å². The maximum absolute atomic E-state index is 12.1. The smallest absolute Gasteiger partial charge is 0.254 e. The van der Waals surface area contributed by atoms with Gasteiger partial charge in [-0.05, 0) is 30.7 Å². The van der Waals surface area contributed by atoms with Gasteiger partial charge < -0.3 is 15.4 Å². The van der Waals surface area contributed by atoms with Crippen LogP contribution in [-0.2, 0) is 4.74 Å². The summed E-state index contributed by atoms with van der Waals surface area (Å²) >= 11 is 0. The second kappa shape index (κ2) is 4.53. The third kappa shape index (κ3) is 2.33.